The van der Waals surface area contributed by atoms with Crippen molar-refractivity contribution in [1.29, 1.82) is 0 Å². The summed E-state index contributed by atoms with van der Waals surface area (Å²) in [5.74, 6) is 0.0898. The molecule has 3 rings (SSSR count). The van der Waals surface area contributed by atoms with Crippen LogP contribution in [-0.4, -0.2) is 44.6 Å². The predicted octanol–water partition coefficient (Wildman–Crippen LogP) is 0.528. The fraction of sp³-hybridized carbons (Fsp3) is 0.312. The number of para-hydroxylation sites is 1. The zero-order valence-corrected chi connectivity index (χ0v) is 13.2. The molecule has 132 valence electrons. The molecule has 0 aliphatic carbocycles. The highest BCUT2D eigenvalue weighted by atomic mass is 16.5. The van der Waals surface area contributed by atoms with Crippen molar-refractivity contribution >= 4 is 17.5 Å². The second kappa shape index (κ2) is 7.43. The number of carbonyl (C=O) groups is 1. The van der Waals surface area contributed by atoms with Gasteiger partial charge in [0, 0.05) is 18.3 Å². The molecule has 2 heterocycles. The molecule has 1 unspecified atom stereocenters. The summed E-state index contributed by atoms with van der Waals surface area (Å²) in [6.45, 7) is -0.334. The Bertz CT molecular complexity index is 795. The largest absolute Gasteiger partial charge is 0.394 e. The van der Waals surface area contributed by atoms with Crippen molar-refractivity contribution in [1.82, 2.24) is 9.55 Å². The lowest BCUT2D eigenvalue weighted by molar-refractivity contribution is -0.0458. The molecule has 0 saturated carbocycles. The van der Waals surface area contributed by atoms with Crippen molar-refractivity contribution < 1.29 is 19.7 Å². The maximum Gasteiger partial charge on any atom is 0.351 e. The molecule has 1 saturated heterocycles. The van der Waals surface area contributed by atoms with Crippen LogP contribution in [0.5, 0.6) is 0 Å². The second-order valence-corrected chi connectivity index (χ2v) is 5.56. The van der Waals surface area contributed by atoms with Crippen molar-refractivity contribution in [3.05, 3.63) is 53.1 Å². The lowest BCUT2D eigenvalue weighted by Crippen LogP contribution is -2.29. The number of aromatic nitrogens is 2. The average Bonchev–Trinajstić information content (AvgIpc) is 2.96. The van der Waals surface area contributed by atoms with Crippen LogP contribution in [0.15, 0.2) is 47.4 Å². The Hall–Kier alpha value is -2.75. The first-order valence-electron chi connectivity index (χ1n) is 7.73. The van der Waals surface area contributed by atoms with Crippen LogP contribution in [0.1, 0.15) is 12.6 Å². The zero-order valence-electron chi connectivity index (χ0n) is 13.2. The number of nitrogens with zero attached hydrogens (tertiary/aromatic N) is 2. The monoisotopic (exact) mass is 346 g/mol. The van der Waals surface area contributed by atoms with Crippen LogP contribution in [0.3, 0.4) is 0 Å². The molecular weight excluding hydrogens is 328 g/mol. The summed E-state index contributed by atoms with van der Waals surface area (Å²) in [7, 11) is 0. The Balaban J connectivity index is 1.66. The number of carbonyl (C=O) groups excluding carboxylic acids is 1. The molecule has 1 aromatic carbocycles. The fourth-order valence-electron chi connectivity index (χ4n) is 2.55. The molecule has 1 aliphatic rings. The summed E-state index contributed by atoms with van der Waals surface area (Å²) in [5.41, 5.74) is -0.0231. The van der Waals surface area contributed by atoms with Crippen molar-refractivity contribution in [2.24, 2.45) is 0 Å². The maximum atomic E-state index is 12.1. The van der Waals surface area contributed by atoms with E-state index in [0.29, 0.717) is 5.69 Å². The number of ether oxygens (including phenoxy) is 1. The SMILES string of the molecule is O=C(Nc1ccccc1)Nc1ccn([C@H]2CC(O)[C@@H](CO)O2)c(=O)n1. The van der Waals surface area contributed by atoms with Gasteiger partial charge in [-0.15, -0.1) is 0 Å². The number of urea groups is 1. The quantitative estimate of drug-likeness (QED) is 0.640. The van der Waals surface area contributed by atoms with Gasteiger partial charge >= 0.3 is 11.7 Å². The summed E-state index contributed by atoms with van der Waals surface area (Å²) < 4.78 is 6.62. The first-order chi connectivity index (χ1) is 12.1. The lowest BCUT2D eigenvalue weighted by Gasteiger charge is -2.14. The molecule has 0 spiro atoms. The highest BCUT2D eigenvalue weighted by molar-refractivity contribution is 5.99. The summed E-state index contributed by atoms with van der Waals surface area (Å²) >= 11 is 0. The van der Waals surface area contributed by atoms with E-state index in [-0.39, 0.29) is 18.8 Å². The highest BCUT2D eigenvalue weighted by Crippen LogP contribution is 2.27. The van der Waals surface area contributed by atoms with Gasteiger partial charge in [0.05, 0.1) is 12.7 Å². The Morgan fingerprint density at radius 3 is 2.68 bits per heavy atom. The predicted molar refractivity (Wildman–Crippen MR) is 89.2 cm³/mol. The first-order valence-corrected chi connectivity index (χ1v) is 7.73. The summed E-state index contributed by atoms with van der Waals surface area (Å²) in [4.78, 5) is 27.8. The molecule has 1 fully saturated rings. The van der Waals surface area contributed by atoms with E-state index in [9.17, 15) is 14.7 Å². The van der Waals surface area contributed by atoms with E-state index in [1.54, 1.807) is 24.3 Å². The van der Waals surface area contributed by atoms with Gasteiger partial charge in [0.2, 0.25) is 0 Å². The van der Waals surface area contributed by atoms with Crippen LogP contribution in [0.4, 0.5) is 16.3 Å². The smallest absolute Gasteiger partial charge is 0.351 e. The van der Waals surface area contributed by atoms with Gasteiger partial charge in [-0.1, -0.05) is 18.2 Å². The number of aliphatic hydroxyl groups is 2. The van der Waals surface area contributed by atoms with Gasteiger partial charge in [0.1, 0.15) is 18.1 Å². The van der Waals surface area contributed by atoms with Crippen LogP contribution >= 0.6 is 0 Å². The molecule has 2 aromatic rings. The van der Waals surface area contributed by atoms with Crippen molar-refractivity contribution in [3.8, 4) is 0 Å². The topological polar surface area (TPSA) is 126 Å². The van der Waals surface area contributed by atoms with Gasteiger partial charge in [0.15, 0.2) is 0 Å². The molecule has 9 heteroatoms. The average molecular weight is 346 g/mol. The van der Waals surface area contributed by atoms with Gasteiger partial charge in [-0.2, -0.15) is 4.98 Å². The Kier molecular flexibility index (Phi) is 5.08. The zero-order chi connectivity index (χ0) is 17.8. The van der Waals surface area contributed by atoms with E-state index in [0.717, 1.165) is 0 Å². The third-order valence-corrected chi connectivity index (χ3v) is 3.80. The Morgan fingerprint density at radius 1 is 1.28 bits per heavy atom. The first kappa shape index (κ1) is 17.1. The third kappa shape index (κ3) is 4.02. The minimum Gasteiger partial charge on any atom is -0.394 e. The van der Waals surface area contributed by atoms with E-state index in [1.165, 1.54) is 16.8 Å². The number of aliphatic hydroxyl groups excluding tert-OH is 2. The molecule has 0 bridgehead atoms. The van der Waals surface area contributed by atoms with Crippen molar-refractivity contribution in [3.63, 3.8) is 0 Å². The van der Waals surface area contributed by atoms with Crippen molar-refractivity contribution in [2.45, 2.75) is 24.9 Å². The lowest BCUT2D eigenvalue weighted by atomic mass is 10.2. The fourth-order valence-corrected chi connectivity index (χ4v) is 2.55. The number of hydrogen-bond donors (Lipinski definition) is 4. The number of rotatable bonds is 4. The van der Waals surface area contributed by atoms with E-state index in [2.05, 4.69) is 15.6 Å². The number of anilines is 2. The number of hydrogen-bond acceptors (Lipinski definition) is 6. The van der Waals surface area contributed by atoms with Gasteiger partial charge in [-0.05, 0) is 18.2 Å². The normalized spacial score (nSPS) is 22.6. The number of nitrogens with one attached hydrogen (secondary N) is 2. The molecule has 9 nitrogen and oxygen atoms in total. The molecule has 3 atom stereocenters. The maximum absolute atomic E-state index is 12.1. The van der Waals surface area contributed by atoms with E-state index in [1.807, 2.05) is 6.07 Å². The molecule has 1 aliphatic heterocycles. The van der Waals surface area contributed by atoms with Crippen molar-refractivity contribution in [2.75, 3.05) is 17.2 Å². The van der Waals surface area contributed by atoms with Crippen LogP contribution < -0.4 is 16.3 Å². The van der Waals surface area contributed by atoms with Crippen LogP contribution in [0, 0.1) is 0 Å². The van der Waals surface area contributed by atoms with Gasteiger partial charge in [0.25, 0.3) is 0 Å². The van der Waals surface area contributed by atoms with E-state index >= 15 is 0 Å². The highest BCUT2D eigenvalue weighted by Gasteiger charge is 2.34. The van der Waals surface area contributed by atoms with E-state index in [4.69, 9.17) is 9.84 Å². The van der Waals surface area contributed by atoms with Crippen LogP contribution in [0.2, 0.25) is 0 Å². The van der Waals surface area contributed by atoms with Crippen LogP contribution in [0.25, 0.3) is 0 Å². The van der Waals surface area contributed by atoms with E-state index < -0.39 is 30.2 Å². The molecule has 4 N–H and O–H groups in total. The third-order valence-electron chi connectivity index (χ3n) is 3.80. The molecule has 25 heavy (non-hydrogen) atoms. The van der Waals surface area contributed by atoms with Gasteiger partial charge < -0.3 is 20.3 Å². The number of amides is 2. The Labute approximate surface area is 142 Å². The summed E-state index contributed by atoms with van der Waals surface area (Å²) in [5, 5.41) is 23.9. The minimum absolute atomic E-state index is 0.0898. The Morgan fingerprint density at radius 2 is 2.04 bits per heavy atom. The standard InChI is InChI=1S/C16H18N4O5/c21-9-12-11(22)8-14(25-12)20-7-6-13(19-16(20)24)18-15(23)17-10-4-2-1-3-5-10/h1-7,11-12,14,21-22H,8-9H2,(H2,17,18,19,23,24)/t11?,12-,14-/m1/s1. The van der Waals surface area contributed by atoms with Gasteiger partial charge in [-0.25, -0.2) is 9.59 Å². The second-order valence-electron chi connectivity index (χ2n) is 5.56. The number of benzene rings is 1. The summed E-state index contributed by atoms with van der Waals surface area (Å²) in [6.07, 6.45) is -0.694. The molecular formula is C16H18N4O5. The van der Waals surface area contributed by atoms with Crippen LogP contribution in [-0.2, 0) is 4.74 Å². The summed E-state index contributed by atoms with van der Waals surface area (Å²) in [6, 6.07) is 9.77. The molecule has 2 amide bonds. The molecule has 1 aromatic heterocycles. The van der Waals surface area contributed by atoms with Gasteiger partial charge in [-0.3, -0.25) is 9.88 Å². The molecule has 0 radical (unpaired) electrons. The minimum atomic E-state index is -0.851.